The molecule has 1 amide bonds. The maximum absolute atomic E-state index is 12.1. The van der Waals surface area contributed by atoms with E-state index in [4.69, 9.17) is 9.47 Å². The minimum absolute atomic E-state index is 0.0523. The van der Waals surface area contributed by atoms with Crippen molar-refractivity contribution in [2.24, 2.45) is 0 Å². The minimum atomic E-state index is -0.224. The van der Waals surface area contributed by atoms with Crippen LogP contribution in [0.5, 0.6) is 11.5 Å². The van der Waals surface area contributed by atoms with Crippen molar-refractivity contribution in [3.05, 3.63) is 83.7 Å². The number of hydrogen-bond donors (Lipinski definition) is 1. The molecule has 27 heavy (non-hydrogen) atoms. The number of carbonyl (C=O) groups excluding carboxylic acids is 1. The summed E-state index contributed by atoms with van der Waals surface area (Å²) in [6.45, 7) is 4.42. The van der Waals surface area contributed by atoms with Gasteiger partial charge in [0.25, 0.3) is 5.91 Å². The highest BCUT2D eigenvalue weighted by molar-refractivity contribution is 5.92. The number of anilines is 1. The van der Waals surface area contributed by atoms with E-state index in [0.717, 1.165) is 11.1 Å². The van der Waals surface area contributed by atoms with E-state index in [2.05, 4.69) is 10.3 Å². The van der Waals surface area contributed by atoms with Gasteiger partial charge in [-0.25, -0.2) is 0 Å². The quantitative estimate of drug-likeness (QED) is 0.681. The molecule has 0 aliphatic rings. The number of hydrogen-bond acceptors (Lipinski definition) is 4. The molecular formula is C22H22N2O3. The van der Waals surface area contributed by atoms with Crippen LogP contribution >= 0.6 is 0 Å². The Morgan fingerprint density at radius 2 is 1.81 bits per heavy atom. The highest BCUT2D eigenvalue weighted by atomic mass is 16.5. The van der Waals surface area contributed by atoms with Gasteiger partial charge in [0, 0.05) is 29.7 Å². The van der Waals surface area contributed by atoms with Gasteiger partial charge >= 0.3 is 0 Å². The zero-order valence-corrected chi connectivity index (χ0v) is 15.4. The van der Waals surface area contributed by atoms with Gasteiger partial charge in [-0.05, 0) is 55.3 Å². The van der Waals surface area contributed by atoms with Crippen molar-refractivity contribution in [2.75, 3.05) is 11.9 Å². The van der Waals surface area contributed by atoms with Crippen molar-refractivity contribution in [2.45, 2.75) is 20.5 Å². The summed E-state index contributed by atoms with van der Waals surface area (Å²) in [5.74, 6) is 1.13. The fraction of sp³-hybridized carbons (Fsp3) is 0.182. The number of amides is 1. The van der Waals surface area contributed by atoms with E-state index in [9.17, 15) is 4.79 Å². The molecule has 0 bridgehead atoms. The third kappa shape index (κ3) is 5.57. The van der Waals surface area contributed by atoms with Crippen molar-refractivity contribution in [3.8, 4) is 11.5 Å². The molecule has 138 valence electrons. The molecule has 5 heteroatoms. The molecule has 0 fully saturated rings. The van der Waals surface area contributed by atoms with Crippen molar-refractivity contribution >= 4 is 11.6 Å². The summed E-state index contributed by atoms with van der Waals surface area (Å²) in [7, 11) is 0. The molecule has 0 aliphatic carbocycles. The number of carbonyl (C=O) groups is 1. The van der Waals surface area contributed by atoms with E-state index in [1.54, 1.807) is 18.5 Å². The monoisotopic (exact) mass is 362 g/mol. The lowest BCUT2D eigenvalue weighted by Gasteiger charge is -2.11. The first-order chi connectivity index (χ1) is 13.1. The van der Waals surface area contributed by atoms with Crippen LogP contribution in [-0.2, 0) is 11.4 Å². The van der Waals surface area contributed by atoms with Crippen LogP contribution in [0.15, 0.2) is 67.0 Å². The Balaban J connectivity index is 1.52. The molecule has 3 rings (SSSR count). The van der Waals surface area contributed by atoms with Crippen LogP contribution in [0.3, 0.4) is 0 Å². The van der Waals surface area contributed by atoms with Crippen LogP contribution in [0.25, 0.3) is 0 Å². The summed E-state index contributed by atoms with van der Waals surface area (Å²) in [6.07, 6.45) is 3.48. The Morgan fingerprint density at radius 3 is 2.59 bits per heavy atom. The Labute approximate surface area is 159 Å². The summed E-state index contributed by atoms with van der Waals surface area (Å²) in [5, 5.41) is 2.82. The second-order valence-corrected chi connectivity index (χ2v) is 6.26. The SMILES string of the molecule is Cc1ccc(OCC(=O)Nc2cccc(OCc3cccnc3)c2)cc1C. The molecule has 0 saturated heterocycles. The molecular weight excluding hydrogens is 340 g/mol. The summed E-state index contributed by atoms with van der Waals surface area (Å²) >= 11 is 0. The second-order valence-electron chi connectivity index (χ2n) is 6.26. The number of pyridine rings is 1. The van der Waals surface area contributed by atoms with Crippen LogP contribution in [-0.4, -0.2) is 17.5 Å². The summed E-state index contributed by atoms with van der Waals surface area (Å²) in [4.78, 5) is 16.2. The third-order valence-corrected chi connectivity index (χ3v) is 4.09. The van der Waals surface area contributed by atoms with Gasteiger partial charge < -0.3 is 14.8 Å². The molecule has 1 aromatic heterocycles. The molecule has 1 heterocycles. The third-order valence-electron chi connectivity index (χ3n) is 4.09. The predicted octanol–water partition coefficient (Wildman–Crippen LogP) is 4.29. The van der Waals surface area contributed by atoms with E-state index in [1.807, 2.05) is 62.4 Å². The minimum Gasteiger partial charge on any atom is -0.489 e. The topological polar surface area (TPSA) is 60.5 Å². The van der Waals surface area contributed by atoms with Gasteiger partial charge in [0.05, 0.1) is 0 Å². The zero-order chi connectivity index (χ0) is 19.1. The maximum atomic E-state index is 12.1. The maximum Gasteiger partial charge on any atom is 0.262 e. The predicted molar refractivity (Wildman–Crippen MR) is 105 cm³/mol. The molecule has 0 spiro atoms. The van der Waals surface area contributed by atoms with Crippen molar-refractivity contribution in [1.82, 2.24) is 4.98 Å². The number of rotatable bonds is 7. The molecule has 0 atom stereocenters. The van der Waals surface area contributed by atoms with Crippen LogP contribution in [0.1, 0.15) is 16.7 Å². The van der Waals surface area contributed by atoms with Crippen LogP contribution in [0.4, 0.5) is 5.69 Å². The van der Waals surface area contributed by atoms with E-state index in [1.165, 1.54) is 5.56 Å². The lowest BCUT2D eigenvalue weighted by molar-refractivity contribution is -0.118. The van der Waals surface area contributed by atoms with Gasteiger partial charge in [0.1, 0.15) is 18.1 Å². The van der Waals surface area contributed by atoms with Gasteiger partial charge in [-0.1, -0.05) is 18.2 Å². The van der Waals surface area contributed by atoms with Crippen molar-refractivity contribution in [3.63, 3.8) is 0 Å². The van der Waals surface area contributed by atoms with Crippen molar-refractivity contribution in [1.29, 1.82) is 0 Å². The highest BCUT2D eigenvalue weighted by Crippen LogP contribution is 2.19. The molecule has 0 radical (unpaired) electrons. The average molecular weight is 362 g/mol. The van der Waals surface area contributed by atoms with Crippen LogP contribution in [0, 0.1) is 13.8 Å². The summed E-state index contributed by atoms with van der Waals surface area (Å²) in [6, 6.07) is 16.8. The fourth-order valence-electron chi connectivity index (χ4n) is 2.46. The Bertz CT molecular complexity index is 910. The number of nitrogens with zero attached hydrogens (tertiary/aromatic N) is 1. The molecule has 3 aromatic rings. The van der Waals surface area contributed by atoms with E-state index >= 15 is 0 Å². The number of aryl methyl sites for hydroxylation is 2. The number of benzene rings is 2. The summed E-state index contributed by atoms with van der Waals surface area (Å²) in [5.41, 5.74) is 3.96. The largest absolute Gasteiger partial charge is 0.489 e. The molecule has 1 N–H and O–H groups in total. The molecule has 2 aromatic carbocycles. The molecule has 0 unspecified atom stereocenters. The van der Waals surface area contributed by atoms with E-state index in [0.29, 0.717) is 23.8 Å². The van der Waals surface area contributed by atoms with Crippen LogP contribution in [0.2, 0.25) is 0 Å². The lowest BCUT2D eigenvalue weighted by Crippen LogP contribution is -2.20. The molecule has 0 aliphatic heterocycles. The van der Waals surface area contributed by atoms with Gasteiger partial charge in [-0.2, -0.15) is 0 Å². The zero-order valence-electron chi connectivity index (χ0n) is 15.4. The molecule has 5 nitrogen and oxygen atoms in total. The Kier molecular flexibility index (Phi) is 6.05. The summed E-state index contributed by atoms with van der Waals surface area (Å²) < 4.78 is 11.3. The van der Waals surface area contributed by atoms with Crippen molar-refractivity contribution < 1.29 is 14.3 Å². The van der Waals surface area contributed by atoms with E-state index < -0.39 is 0 Å². The number of ether oxygens (including phenoxy) is 2. The Hall–Kier alpha value is -3.34. The van der Waals surface area contributed by atoms with Crippen LogP contribution < -0.4 is 14.8 Å². The van der Waals surface area contributed by atoms with Gasteiger partial charge in [0.2, 0.25) is 0 Å². The smallest absolute Gasteiger partial charge is 0.262 e. The van der Waals surface area contributed by atoms with E-state index in [-0.39, 0.29) is 12.5 Å². The standard InChI is InChI=1S/C22H22N2O3/c1-16-8-9-21(11-17(16)2)27-15-22(25)24-19-6-3-7-20(12-19)26-14-18-5-4-10-23-13-18/h3-13H,14-15H2,1-2H3,(H,24,25). The first-order valence-electron chi connectivity index (χ1n) is 8.72. The number of aromatic nitrogens is 1. The first kappa shape index (κ1) is 18.5. The number of nitrogens with one attached hydrogen (secondary N) is 1. The fourth-order valence-corrected chi connectivity index (χ4v) is 2.46. The normalized spacial score (nSPS) is 10.3. The Morgan fingerprint density at radius 1 is 0.963 bits per heavy atom. The van der Waals surface area contributed by atoms with Gasteiger partial charge in [-0.3, -0.25) is 9.78 Å². The second kappa shape index (κ2) is 8.85. The average Bonchev–Trinajstić information content (AvgIpc) is 2.68. The first-order valence-corrected chi connectivity index (χ1v) is 8.72. The lowest BCUT2D eigenvalue weighted by atomic mass is 10.1. The van der Waals surface area contributed by atoms with Gasteiger partial charge in [0.15, 0.2) is 6.61 Å². The highest BCUT2D eigenvalue weighted by Gasteiger charge is 2.06. The van der Waals surface area contributed by atoms with Gasteiger partial charge in [-0.15, -0.1) is 0 Å². The molecule has 0 saturated carbocycles.